The molecule has 0 atom stereocenters. The van der Waals surface area contributed by atoms with E-state index < -0.39 is 20.6 Å². The van der Waals surface area contributed by atoms with Crippen molar-refractivity contribution in [2.24, 2.45) is 0 Å². The molecule has 12 heteroatoms. The highest BCUT2D eigenvalue weighted by molar-refractivity contribution is 7.93. The summed E-state index contributed by atoms with van der Waals surface area (Å²) in [6.07, 6.45) is 0. The fraction of sp³-hybridized carbons (Fsp3) is 0.250. The molecule has 2 aromatic carbocycles. The minimum atomic E-state index is -4.10. The second kappa shape index (κ2) is 9.51. The van der Waals surface area contributed by atoms with Gasteiger partial charge in [-0.2, -0.15) is 0 Å². The Kier molecular flexibility index (Phi) is 6.72. The minimum Gasteiger partial charge on any atom is -0.379 e. The SMILES string of the molecule is O=[N+]([O-])c1cc(S(=O)(=O)Nc2nc(-c3ccccc3)c(CN3CCOCC3)s2)ccc1Cl. The van der Waals surface area contributed by atoms with Crippen molar-refractivity contribution in [3.8, 4) is 11.3 Å². The van der Waals surface area contributed by atoms with Crippen molar-refractivity contribution in [1.29, 1.82) is 0 Å². The molecule has 0 radical (unpaired) electrons. The second-order valence-corrected chi connectivity index (χ2v) is 10.2. The van der Waals surface area contributed by atoms with Crippen LogP contribution >= 0.6 is 22.9 Å². The smallest absolute Gasteiger partial charge is 0.289 e. The topological polar surface area (TPSA) is 115 Å². The maximum absolute atomic E-state index is 12.9. The molecule has 32 heavy (non-hydrogen) atoms. The van der Waals surface area contributed by atoms with Crippen LogP contribution in [0.15, 0.2) is 53.4 Å². The lowest BCUT2D eigenvalue weighted by molar-refractivity contribution is -0.384. The number of nitrogens with zero attached hydrogens (tertiary/aromatic N) is 3. The number of benzene rings is 2. The van der Waals surface area contributed by atoms with Gasteiger partial charge in [-0.05, 0) is 12.1 Å². The molecule has 1 aliphatic rings. The van der Waals surface area contributed by atoms with Gasteiger partial charge in [0.1, 0.15) is 5.02 Å². The number of ether oxygens (including phenoxy) is 1. The number of hydrogen-bond donors (Lipinski definition) is 1. The molecule has 9 nitrogen and oxygen atoms in total. The van der Waals surface area contributed by atoms with E-state index in [1.54, 1.807) is 0 Å². The van der Waals surface area contributed by atoms with Crippen LogP contribution < -0.4 is 4.72 Å². The van der Waals surface area contributed by atoms with Gasteiger partial charge in [0.15, 0.2) is 5.13 Å². The van der Waals surface area contributed by atoms with Crippen molar-refractivity contribution in [2.45, 2.75) is 11.4 Å². The number of anilines is 1. The second-order valence-electron chi connectivity index (χ2n) is 7.02. The zero-order valence-corrected chi connectivity index (χ0v) is 19.1. The molecule has 0 spiro atoms. The lowest BCUT2D eigenvalue weighted by Gasteiger charge is -2.26. The number of rotatable bonds is 7. The van der Waals surface area contributed by atoms with Gasteiger partial charge in [0.05, 0.1) is 28.7 Å². The van der Waals surface area contributed by atoms with Crippen molar-refractivity contribution < 1.29 is 18.1 Å². The summed E-state index contributed by atoms with van der Waals surface area (Å²) in [7, 11) is -4.10. The maximum atomic E-state index is 12.9. The van der Waals surface area contributed by atoms with Crippen LogP contribution in [-0.2, 0) is 21.3 Å². The molecule has 0 bridgehead atoms. The molecule has 1 N–H and O–H groups in total. The zero-order valence-electron chi connectivity index (χ0n) is 16.7. The molecule has 1 aromatic heterocycles. The molecular weight excluding hydrogens is 476 g/mol. The molecule has 0 amide bonds. The molecule has 0 aliphatic carbocycles. The fourth-order valence-electron chi connectivity index (χ4n) is 3.26. The van der Waals surface area contributed by atoms with Gasteiger partial charge in [0, 0.05) is 36.1 Å². The Morgan fingerprint density at radius 1 is 1.19 bits per heavy atom. The van der Waals surface area contributed by atoms with Crippen LogP contribution in [-0.4, -0.2) is 49.5 Å². The number of sulfonamides is 1. The highest BCUT2D eigenvalue weighted by Gasteiger charge is 2.24. The Balaban J connectivity index is 1.66. The van der Waals surface area contributed by atoms with Crippen LogP contribution in [0.1, 0.15) is 4.88 Å². The monoisotopic (exact) mass is 494 g/mol. The normalized spacial score (nSPS) is 14.9. The first-order valence-corrected chi connectivity index (χ1v) is 12.3. The van der Waals surface area contributed by atoms with Gasteiger partial charge >= 0.3 is 0 Å². The third kappa shape index (κ3) is 5.08. The predicted octanol–water partition coefficient (Wildman–Crippen LogP) is 4.00. The van der Waals surface area contributed by atoms with Gasteiger partial charge in [-0.15, -0.1) is 0 Å². The van der Waals surface area contributed by atoms with Crippen LogP contribution in [0.4, 0.5) is 10.8 Å². The van der Waals surface area contributed by atoms with E-state index >= 15 is 0 Å². The van der Waals surface area contributed by atoms with Crippen molar-refractivity contribution in [3.05, 3.63) is 68.5 Å². The van der Waals surface area contributed by atoms with Crippen molar-refractivity contribution in [2.75, 3.05) is 31.0 Å². The number of morpholine rings is 1. The number of nitrogens with one attached hydrogen (secondary N) is 1. The van der Waals surface area contributed by atoms with Gasteiger partial charge < -0.3 is 4.74 Å². The van der Waals surface area contributed by atoms with Crippen LogP contribution in [0.5, 0.6) is 0 Å². The third-order valence-corrected chi connectivity index (χ3v) is 7.60. The van der Waals surface area contributed by atoms with E-state index in [2.05, 4.69) is 14.6 Å². The van der Waals surface area contributed by atoms with Crippen molar-refractivity contribution in [3.63, 3.8) is 0 Å². The molecule has 1 fully saturated rings. The maximum Gasteiger partial charge on any atom is 0.289 e. The standard InChI is InChI=1S/C20H19ClN4O5S2/c21-16-7-6-15(12-17(16)25(26)27)32(28,29)23-20-22-19(14-4-2-1-3-5-14)18(31-20)13-24-8-10-30-11-9-24/h1-7,12H,8-11,13H2,(H,22,23). The van der Waals surface area contributed by atoms with E-state index in [0.29, 0.717) is 25.5 Å². The van der Waals surface area contributed by atoms with Crippen LogP contribution in [0.2, 0.25) is 5.02 Å². The quantitative estimate of drug-likeness (QED) is 0.390. The molecule has 1 aliphatic heterocycles. The average Bonchev–Trinajstić information content (AvgIpc) is 3.16. The first kappa shape index (κ1) is 22.6. The highest BCUT2D eigenvalue weighted by atomic mass is 35.5. The van der Waals surface area contributed by atoms with Gasteiger partial charge in [0.2, 0.25) is 0 Å². The Bertz CT molecular complexity index is 1230. The summed E-state index contributed by atoms with van der Waals surface area (Å²) in [6, 6.07) is 12.9. The van der Waals surface area contributed by atoms with E-state index in [0.717, 1.165) is 29.6 Å². The van der Waals surface area contributed by atoms with Crippen molar-refractivity contribution in [1.82, 2.24) is 9.88 Å². The molecule has 0 saturated carbocycles. The lowest BCUT2D eigenvalue weighted by Crippen LogP contribution is -2.35. The average molecular weight is 495 g/mol. The van der Waals surface area contributed by atoms with Crippen molar-refractivity contribution >= 4 is 43.8 Å². The van der Waals surface area contributed by atoms with Gasteiger partial charge in [0.25, 0.3) is 15.7 Å². The Hall–Kier alpha value is -2.57. The molecule has 168 valence electrons. The van der Waals surface area contributed by atoms with Crippen LogP contribution in [0.3, 0.4) is 0 Å². The molecule has 2 heterocycles. The highest BCUT2D eigenvalue weighted by Crippen LogP contribution is 2.34. The summed E-state index contributed by atoms with van der Waals surface area (Å²) >= 11 is 7.04. The number of nitro benzene ring substituents is 1. The van der Waals surface area contributed by atoms with Gasteiger partial charge in [-0.1, -0.05) is 53.3 Å². The Morgan fingerprint density at radius 3 is 2.59 bits per heavy atom. The van der Waals surface area contributed by atoms with Crippen LogP contribution in [0, 0.1) is 10.1 Å². The number of thiazole rings is 1. The van der Waals surface area contributed by atoms with Gasteiger partial charge in [-0.25, -0.2) is 13.4 Å². The van der Waals surface area contributed by atoms with Gasteiger partial charge in [-0.3, -0.25) is 19.7 Å². The molecule has 4 rings (SSSR count). The Labute approximate surface area is 193 Å². The molecular formula is C20H19ClN4O5S2. The largest absolute Gasteiger partial charge is 0.379 e. The summed E-state index contributed by atoms with van der Waals surface area (Å²) in [6.45, 7) is 3.46. The summed E-state index contributed by atoms with van der Waals surface area (Å²) in [5.41, 5.74) is 1.09. The molecule has 0 unspecified atom stereocenters. The predicted molar refractivity (Wildman–Crippen MR) is 123 cm³/mol. The number of hydrogen-bond acceptors (Lipinski definition) is 8. The number of aromatic nitrogens is 1. The van der Waals surface area contributed by atoms with E-state index in [1.807, 2.05) is 30.3 Å². The Morgan fingerprint density at radius 2 is 1.91 bits per heavy atom. The summed E-state index contributed by atoms with van der Waals surface area (Å²) < 4.78 is 33.7. The molecule has 3 aromatic rings. The van der Waals surface area contributed by atoms with E-state index in [9.17, 15) is 18.5 Å². The van der Waals surface area contributed by atoms with Crippen LogP contribution in [0.25, 0.3) is 11.3 Å². The van der Waals surface area contributed by atoms with E-state index in [4.69, 9.17) is 16.3 Å². The number of nitro groups is 1. The summed E-state index contributed by atoms with van der Waals surface area (Å²) in [4.78, 5) is 17.8. The first-order valence-electron chi connectivity index (χ1n) is 9.65. The van der Waals surface area contributed by atoms with E-state index in [-0.39, 0.29) is 15.0 Å². The van der Waals surface area contributed by atoms with E-state index in [1.165, 1.54) is 23.5 Å². The minimum absolute atomic E-state index is 0.137. The zero-order chi connectivity index (χ0) is 22.7. The lowest BCUT2D eigenvalue weighted by atomic mass is 10.1. The molecule has 1 saturated heterocycles. The fourth-order valence-corrected chi connectivity index (χ4v) is 5.73. The number of halogens is 1. The third-order valence-electron chi connectivity index (χ3n) is 4.86. The summed E-state index contributed by atoms with van der Waals surface area (Å²) in [5.74, 6) is 0. The summed E-state index contributed by atoms with van der Waals surface area (Å²) in [5, 5.41) is 11.2. The first-order chi connectivity index (χ1) is 15.3.